The molecule has 0 bridgehead atoms. The molecule has 1 saturated heterocycles. The van der Waals surface area contributed by atoms with E-state index in [1.54, 1.807) is 0 Å². The minimum atomic E-state index is 0.114. The second-order valence-corrected chi connectivity index (χ2v) is 8.41. The summed E-state index contributed by atoms with van der Waals surface area (Å²) in [5, 5.41) is 3.02. The Labute approximate surface area is 176 Å². The largest absolute Gasteiger partial charge is 0.376 e. The number of carbonyl (C=O) groups is 1. The van der Waals surface area contributed by atoms with Crippen LogP contribution in [0, 0.1) is 5.92 Å². The Morgan fingerprint density at radius 1 is 1.10 bits per heavy atom. The van der Waals surface area contributed by atoms with Gasteiger partial charge in [-0.2, -0.15) is 0 Å². The van der Waals surface area contributed by atoms with Gasteiger partial charge in [0.1, 0.15) is 0 Å². The molecule has 1 heterocycles. The molecule has 1 amide bonds. The maximum atomic E-state index is 12.2. The van der Waals surface area contributed by atoms with E-state index < -0.39 is 0 Å². The summed E-state index contributed by atoms with van der Waals surface area (Å²) in [6.45, 7) is 8.89. The van der Waals surface area contributed by atoms with E-state index in [2.05, 4.69) is 58.5 Å². The highest BCUT2D eigenvalue weighted by Crippen LogP contribution is 2.25. The lowest BCUT2D eigenvalue weighted by Crippen LogP contribution is -2.49. The normalized spacial score (nSPS) is 24.0. The zero-order chi connectivity index (χ0) is 20.3. The molecule has 1 aromatic rings. The van der Waals surface area contributed by atoms with Crippen molar-refractivity contribution in [3.63, 3.8) is 0 Å². The van der Waals surface area contributed by atoms with Gasteiger partial charge in [0.25, 0.3) is 0 Å². The first-order valence-corrected chi connectivity index (χ1v) is 11.3. The summed E-state index contributed by atoms with van der Waals surface area (Å²) in [6, 6.07) is 10.4. The number of hydrogen-bond acceptors (Lipinski definition) is 4. The van der Waals surface area contributed by atoms with Crippen LogP contribution in [0.5, 0.6) is 0 Å². The Morgan fingerprint density at radius 3 is 2.59 bits per heavy atom. The number of benzene rings is 1. The molecule has 160 valence electrons. The summed E-state index contributed by atoms with van der Waals surface area (Å²) in [7, 11) is 0. The molecule has 29 heavy (non-hydrogen) atoms. The van der Waals surface area contributed by atoms with E-state index in [0.717, 1.165) is 32.7 Å². The van der Waals surface area contributed by atoms with Gasteiger partial charge < -0.3 is 10.1 Å². The van der Waals surface area contributed by atoms with Gasteiger partial charge in [0.2, 0.25) is 5.91 Å². The van der Waals surface area contributed by atoms with E-state index in [1.165, 1.54) is 31.2 Å². The molecule has 2 fully saturated rings. The van der Waals surface area contributed by atoms with Crippen molar-refractivity contribution >= 4 is 12.0 Å². The van der Waals surface area contributed by atoms with Crippen LogP contribution in [-0.4, -0.2) is 74.2 Å². The summed E-state index contributed by atoms with van der Waals surface area (Å²) in [5.41, 5.74) is 1.24. The first-order valence-electron chi connectivity index (χ1n) is 11.3. The van der Waals surface area contributed by atoms with Crippen LogP contribution in [0.3, 0.4) is 0 Å². The van der Waals surface area contributed by atoms with Gasteiger partial charge in [-0.05, 0) is 24.3 Å². The molecule has 1 aromatic carbocycles. The fraction of sp³-hybridized carbons (Fsp3) is 0.625. The molecule has 1 aliphatic heterocycles. The quantitative estimate of drug-likeness (QED) is 0.649. The lowest BCUT2D eigenvalue weighted by atomic mass is 9.88. The van der Waals surface area contributed by atoms with Crippen molar-refractivity contribution in [1.29, 1.82) is 0 Å². The first-order chi connectivity index (χ1) is 14.2. The molecule has 0 spiro atoms. The first kappa shape index (κ1) is 22.0. The number of carbonyl (C=O) groups excluding carboxylic acids is 1. The predicted molar refractivity (Wildman–Crippen MR) is 119 cm³/mol. The zero-order valence-corrected chi connectivity index (χ0v) is 17.9. The van der Waals surface area contributed by atoms with E-state index in [-0.39, 0.29) is 5.91 Å². The third-order valence-corrected chi connectivity index (χ3v) is 6.09. The monoisotopic (exact) mass is 399 g/mol. The van der Waals surface area contributed by atoms with Crippen molar-refractivity contribution in [3.8, 4) is 0 Å². The summed E-state index contributed by atoms with van der Waals surface area (Å²) in [5.74, 6) is 0.765. The molecule has 2 aliphatic rings. The van der Waals surface area contributed by atoms with Crippen LogP contribution in [0.15, 0.2) is 36.4 Å². The molecule has 1 saturated carbocycles. The molecule has 2 atom stereocenters. The van der Waals surface area contributed by atoms with Gasteiger partial charge in [0.15, 0.2) is 0 Å². The number of ether oxygens (including phenoxy) is 1. The van der Waals surface area contributed by atoms with Crippen molar-refractivity contribution in [2.75, 3.05) is 52.4 Å². The summed E-state index contributed by atoms with van der Waals surface area (Å²) in [6.07, 6.45) is 9.82. The number of amides is 1. The molecule has 3 rings (SSSR count). The van der Waals surface area contributed by atoms with Crippen molar-refractivity contribution < 1.29 is 9.53 Å². The zero-order valence-electron chi connectivity index (χ0n) is 17.9. The molecular formula is C24H37N3O2. The highest BCUT2D eigenvalue weighted by atomic mass is 16.5. The number of rotatable bonds is 9. The second kappa shape index (κ2) is 12.1. The third kappa shape index (κ3) is 7.92. The van der Waals surface area contributed by atoms with Crippen molar-refractivity contribution in [2.24, 2.45) is 5.92 Å². The van der Waals surface area contributed by atoms with Gasteiger partial charge in [-0.1, -0.05) is 62.2 Å². The van der Waals surface area contributed by atoms with E-state index in [9.17, 15) is 4.79 Å². The fourth-order valence-corrected chi connectivity index (χ4v) is 4.22. The van der Waals surface area contributed by atoms with Crippen LogP contribution in [0.2, 0.25) is 0 Å². The lowest BCUT2D eigenvalue weighted by Gasteiger charge is -2.33. The minimum Gasteiger partial charge on any atom is -0.376 e. The van der Waals surface area contributed by atoms with Crippen molar-refractivity contribution in [2.45, 2.75) is 38.7 Å². The van der Waals surface area contributed by atoms with Gasteiger partial charge in [0, 0.05) is 39.3 Å². The highest BCUT2D eigenvalue weighted by molar-refractivity contribution is 5.78. The standard InChI is InChI=1S/C24H37N3O2/c1-21-8-5-6-12-23(21)29-19-13-25-24(28)20-27-17-15-26(16-18-27)14-7-11-22-9-3-2-4-10-22/h2-4,7,9-11,21,23H,5-6,8,12-20H2,1H3,(H,25,28)/b11-7+. The van der Waals surface area contributed by atoms with Crippen molar-refractivity contribution in [3.05, 3.63) is 42.0 Å². The summed E-state index contributed by atoms with van der Waals surface area (Å²) in [4.78, 5) is 16.9. The summed E-state index contributed by atoms with van der Waals surface area (Å²) >= 11 is 0. The minimum absolute atomic E-state index is 0.114. The van der Waals surface area contributed by atoms with Crippen LogP contribution in [0.4, 0.5) is 0 Å². The van der Waals surface area contributed by atoms with Crippen LogP contribution in [0.1, 0.15) is 38.2 Å². The average molecular weight is 400 g/mol. The molecule has 1 N–H and O–H groups in total. The molecule has 5 nitrogen and oxygen atoms in total. The number of nitrogens with one attached hydrogen (secondary N) is 1. The van der Waals surface area contributed by atoms with Crippen LogP contribution in [-0.2, 0) is 9.53 Å². The Kier molecular flexibility index (Phi) is 9.19. The topological polar surface area (TPSA) is 44.8 Å². The lowest BCUT2D eigenvalue weighted by molar-refractivity contribution is -0.123. The molecule has 0 aromatic heterocycles. The van der Waals surface area contributed by atoms with Gasteiger partial charge in [-0.25, -0.2) is 0 Å². The highest BCUT2D eigenvalue weighted by Gasteiger charge is 2.22. The van der Waals surface area contributed by atoms with Crippen LogP contribution in [0.25, 0.3) is 6.08 Å². The van der Waals surface area contributed by atoms with E-state index >= 15 is 0 Å². The smallest absolute Gasteiger partial charge is 0.234 e. The van der Waals surface area contributed by atoms with Crippen LogP contribution >= 0.6 is 0 Å². The Bertz CT molecular complexity index is 626. The molecule has 5 heteroatoms. The van der Waals surface area contributed by atoms with Gasteiger partial charge >= 0.3 is 0 Å². The van der Waals surface area contributed by atoms with Crippen molar-refractivity contribution in [1.82, 2.24) is 15.1 Å². The second-order valence-electron chi connectivity index (χ2n) is 8.41. The van der Waals surface area contributed by atoms with E-state index in [0.29, 0.717) is 31.7 Å². The van der Waals surface area contributed by atoms with E-state index in [1.807, 2.05) is 6.07 Å². The van der Waals surface area contributed by atoms with Gasteiger partial charge in [0.05, 0.1) is 19.3 Å². The SMILES string of the molecule is CC1CCCCC1OCCNC(=O)CN1CCN(C/C=C/c2ccccc2)CC1. The van der Waals surface area contributed by atoms with Gasteiger partial charge in [-0.3, -0.25) is 14.6 Å². The number of piperazine rings is 1. The Balaban J connectivity index is 1.24. The Hall–Kier alpha value is -1.69. The fourth-order valence-electron chi connectivity index (χ4n) is 4.22. The van der Waals surface area contributed by atoms with Gasteiger partial charge in [-0.15, -0.1) is 0 Å². The maximum Gasteiger partial charge on any atom is 0.234 e. The third-order valence-electron chi connectivity index (χ3n) is 6.09. The predicted octanol–water partition coefficient (Wildman–Crippen LogP) is 3.03. The maximum absolute atomic E-state index is 12.2. The average Bonchev–Trinajstić information content (AvgIpc) is 2.74. The Morgan fingerprint density at radius 2 is 1.83 bits per heavy atom. The molecule has 2 unspecified atom stereocenters. The molecular weight excluding hydrogens is 362 g/mol. The molecule has 0 radical (unpaired) electrons. The molecule has 1 aliphatic carbocycles. The number of hydrogen-bond donors (Lipinski definition) is 1. The summed E-state index contributed by atoms with van der Waals surface area (Å²) < 4.78 is 5.98. The number of nitrogens with zero attached hydrogens (tertiary/aromatic N) is 2. The van der Waals surface area contributed by atoms with Crippen LogP contribution < -0.4 is 5.32 Å². The van der Waals surface area contributed by atoms with E-state index in [4.69, 9.17) is 4.74 Å².